The summed E-state index contributed by atoms with van der Waals surface area (Å²) in [5.41, 5.74) is 2.71. The third-order valence-corrected chi connectivity index (χ3v) is 3.39. The Bertz CT molecular complexity index is 618. The van der Waals surface area contributed by atoms with E-state index in [2.05, 4.69) is 15.6 Å². The molecule has 1 amide bonds. The number of benzene rings is 1. The Morgan fingerprint density at radius 2 is 2.05 bits per heavy atom. The van der Waals surface area contributed by atoms with Crippen molar-refractivity contribution in [2.75, 3.05) is 12.4 Å². The molecule has 4 heteroatoms. The first-order valence-corrected chi connectivity index (χ1v) is 6.81. The molecule has 2 N–H and O–H groups in total. The first kappa shape index (κ1) is 12.7. The molecule has 0 radical (unpaired) electrons. The van der Waals surface area contributed by atoms with Gasteiger partial charge in [-0.25, -0.2) is 4.98 Å². The fraction of sp³-hybridized carbons (Fsp3) is 0.250. The molecule has 1 aliphatic rings. The summed E-state index contributed by atoms with van der Waals surface area (Å²) in [5, 5.41) is 5.99. The van der Waals surface area contributed by atoms with E-state index in [1.165, 1.54) is 0 Å². The van der Waals surface area contributed by atoms with Crippen molar-refractivity contribution in [2.24, 2.45) is 0 Å². The van der Waals surface area contributed by atoms with E-state index in [-0.39, 0.29) is 5.91 Å². The Hall–Kier alpha value is -2.36. The quantitative estimate of drug-likeness (QED) is 0.895. The molecule has 102 valence electrons. The minimum Gasteiger partial charge on any atom is -0.373 e. The van der Waals surface area contributed by atoms with Gasteiger partial charge in [-0.15, -0.1) is 0 Å². The van der Waals surface area contributed by atoms with Gasteiger partial charge in [-0.3, -0.25) is 4.79 Å². The van der Waals surface area contributed by atoms with Gasteiger partial charge in [0.15, 0.2) is 0 Å². The molecule has 0 aliphatic heterocycles. The summed E-state index contributed by atoms with van der Waals surface area (Å²) in [5.74, 6) is 0.838. The SMILES string of the molecule is CNc1ccc(-c2cccc(C(=O)NC3CC3)c2)cn1. The van der Waals surface area contributed by atoms with Crippen LogP contribution in [0.5, 0.6) is 0 Å². The number of hydrogen-bond donors (Lipinski definition) is 2. The number of nitrogens with zero attached hydrogens (tertiary/aromatic N) is 1. The summed E-state index contributed by atoms with van der Waals surface area (Å²) in [7, 11) is 1.84. The second-order valence-electron chi connectivity index (χ2n) is 5.01. The fourth-order valence-corrected chi connectivity index (χ4v) is 2.05. The van der Waals surface area contributed by atoms with E-state index in [0.717, 1.165) is 29.8 Å². The maximum Gasteiger partial charge on any atom is 0.251 e. The van der Waals surface area contributed by atoms with Gasteiger partial charge in [0.2, 0.25) is 0 Å². The monoisotopic (exact) mass is 267 g/mol. The van der Waals surface area contributed by atoms with E-state index in [9.17, 15) is 4.79 Å². The van der Waals surface area contributed by atoms with Crippen molar-refractivity contribution in [2.45, 2.75) is 18.9 Å². The lowest BCUT2D eigenvalue weighted by Gasteiger charge is -2.07. The molecular formula is C16H17N3O. The number of amides is 1. The number of carbonyl (C=O) groups is 1. The lowest BCUT2D eigenvalue weighted by atomic mass is 10.0. The summed E-state index contributed by atoms with van der Waals surface area (Å²) < 4.78 is 0. The zero-order chi connectivity index (χ0) is 13.9. The van der Waals surface area contributed by atoms with Crippen molar-refractivity contribution in [3.8, 4) is 11.1 Å². The lowest BCUT2D eigenvalue weighted by Crippen LogP contribution is -2.25. The molecule has 0 atom stereocenters. The Balaban J connectivity index is 1.83. The molecule has 0 saturated heterocycles. The number of aromatic nitrogens is 1. The predicted octanol–water partition coefficient (Wildman–Crippen LogP) is 2.68. The van der Waals surface area contributed by atoms with Crippen molar-refractivity contribution in [1.82, 2.24) is 10.3 Å². The highest BCUT2D eigenvalue weighted by Crippen LogP contribution is 2.22. The Morgan fingerprint density at radius 1 is 1.20 bits per heavy atom. The van der Waals surface area contributed by atoms with E-state index in [1.54, 1.807) is 0 Å². The van der Waals surface area contributed by atoms with Crippen LogP contribution >= 0.6 is 0 Å². The van der Waals surface area contributed by atoms with Gasteiger partial charge in [-0.2, -0.15) is 0 Å². The van der Waals surface area contributed by atoms with Gasteiger partial charge in [-0.1, -0.05) is 12.1 Å². The number of carbonyl (C=O) groups excluding carboxylic acids is 1. The average molecular weight is 267 g/mol. The predicted molar refractivity (Wildman–Crippen MR) is 79.7 cm³/mol. The maximum absolute atomic E-state index is 12.0. The van der Waals surface area contributed by atoms with Gasteiger partial charge in [0.05, 0.1) is 0 Å². The van der Waals surface area contributed by atoms with E-state index >= 15 is 0 Å². The summed E-state index contributed by atoms with van der Waals surface area (Å²) in [4.78, 5) is 16.3. The van der Waals surface area contributed by atoms with Gasteiger partial charge in [0, 0.05) is 30.4 Å². The van der Waals surface area contributed by atoms with Gasteiger partial charge in [0.25, 0.3) is 5.91 Å². The molecule has 0 spiro atoms. The molecule has 1 saturated carbocycles. The van der Waals surface area contributed by atoms with Crippen LogP contribution in [-0.4, -0.2) is 24.0 Å². The van der Waals surface area contributed by atoms with E-state index < -0.39 is 0 Å². The van der Waals surface area contributed by atoms with Gasteiger partial charge in [-0.05, 0) is 42.7 Å². The summed E-state index contributed by atoms with van der Waals surface area (Å²) in [6.07, 6.45) is 4.01. The Labute approximate surface area is 118 Å². The van der Waals surface area contributed by atoms with Crippen LogP contribution in [0.2, 0.25) is 0 Å². The lowest BCUT2D eigenvalue weighted by molar-refractivity contribution is 0.0951. The number of anilines is 1. The van der Waals surface area contributed by atoms with Crippen LogP contribution in [0.4, 0.5) is 5.82 Å². The molecule has 1 aromatic carbocycles. The number of rotatable bonds is 4. The van der Waals surface area contributed by atoms with Gasteiger partial charge < -0.3 is 10.6 Å². The molecule has 1 heterocycles. The zero-order valence-corrected chi connectivity index (χ0v) is 11.4. The normalized spacial score (nSPS) is 13.8. The van der Waals surface area contributed by atoms with Crippen molar-refractivity contribution in [3.05, 3.63) is 48.2 Å². The van der Waals surface area contributed by atoms with Crippen LogP contribution in [0.3, 0.4) is 0 Å². The Morgan fingerprint density at radius 3 is 2.70 bits per heavy atom. The highest BCUT2D eigenvalue weighted by Gasteiger charge is 2.23. The van der Waals surface area contributed by atoms with Crippen molar-refractivity contribution in [1.29, 1.82) is 0 Å². The molecule has 1 fully saturated rings. The van der Waals surface area contributed by atoms with Crippen LogP contribution in [0.15, 0.2) is 42.6 Å². The molecule has 1 aromatic heterocycles. The van der Waals surface area contributed by atoms with Crippen LogP contribution in [0.25, 0.3) is 11.1 Å². The van der Waals surface area contributed by atoms with Crippen LogP contribution in [0, 0.1) is 0 Å². The molecule has 3 rings (SSSR count). The minimum atomic E-state index is 0.00848. The van der Waals surface area contributed by atoms with Crippen molar-refractivity contribution >= 4 is 11.7 Å². The smallest absolute Gasteiger partial charge is 0.251 e. The Kier molecular flexibility index (Phi) is 3.37. The molecule has 1 aliphatic carbocycles. The van der Waals surface area contributed by atoms with E-state index in [0.29, 0.717) is 11.6 Å². The minimum absolute atomic E-state index is 0.00848. The standard InChI is InChI=1S/C16H17N3O/c1-17-15-8-5-13(10-18-15)11-3-2-4-12(9-11)16(20)19-14-6-7-14/h2-5,8-10,14H,6-7H2,1H3,(H,17,18)(H,19,20). The largest absolute Gasteiger partial charge is 0.373 e. The number of pyridine rings is 1. The molecule has 4 nitrogen and oxygen atoms in total. The molecule has 0 unspecified atom stereocenters. The van der Waals surface area contributed by atoms with Crippen LogP contribution in [0.1, 0.15) is 23.2 Å². The van der Waals surface area contributed by atoms with Crippen LogP contribution < -0.4 is 10.6 Å². The first-order valence-electron chi connectivity index (χ1n) is 6.81. The average Bonchev–Trinajstić information content (AvgIpc) is 3.31. The van der Waals surface area contributed by atoms with Crippen molar-refractivity contribution in [3.63, 3.8) is 0 Å². The fourth-order valence-electron chi connectivity index (χ4n) is 2.05. The summed E-state index contributed by atoms with van der Waals surface area (Å²) in [6.45, 7) is 0. The highest BCUT2D eigenvalue weighted by molar-refractivity contribution is 5.95. The van der Waals surface area contributed by atoms with E-state index in [4.69, 9.17) is 0 Å². The highest BCUT2D eigenvalue weighted by atomic mass is 16.1. The molecular weight excluding hydrogens is 250 g/mol. The zero-order valence-electron chi connectivity index (χ0n) is 11.4. The van der Waals surface area contributed by atoms with E-state index in [1.807, 2.05) is 49.6 Å². The third-order valence-electron chi connectivity index (χ3n) is 3.39. The van der Waals surface area contributed by atoms with Gasteiger partial charge >= 0.3 is 0 Å². The summed E-state index contributed by atoms with van der Waals surface area (Å²) in [6, 6.07) is 11.9. The topological polar surface area (TPSA) is 54.0 Å². The number of nitrogens with one attached hydrogen (secondary N) is 2. The summed E-state index contributed by atoms with van der Waals surface area (Å²) >= 11 is 0. The molecule has 2 aromatic rings. The molecule has 0 bridgehead atoms. The first-order chi connectivity index (χ1) is 9.76. The number of hydrogen-bond acceptors (Lipinski definition) is 3. The van der Waals surface area contributed by atoms with Crippen LogP contribution in [-0.2, 0) is 0 Å². The second-order valence-corrected chi connectivity index (χ2v) is 5.01. The third kappa shape index (κ3) is 2.79. The van der Waals surface area contributed by atoms with Gasteiger partial charge in [0.1, 0.15) is 5.82 Å². The molecule has 20 heavy (non-hydrogen) atoms. The second kappa shape index (κ2) is 5.33. The van der Waals surface area contributed by atoms with Crippen molar-refractivity contribution < 1.29 is 4.79 Å². The maximum atomic E-state index is 12.0.